The van der Waals surface area contributed by atoms with E-state index in [1.165, 1.54) is 20.3 Å². The Kier molecular flexibility index (Phi) is 4.17. The molecule has 0 amide bonds. The largest absolute Gasteiger partial charge is 0.480 e. The first kappa shape index (κ1) is 12.8. The van der Waals surface area contributed by atoms with Crippen LogP contribution >= 0.6 is 15.9 Å². The molecule has 1 aromatic heterocycles. The van der Waals surface area contributed by atoms with Crippen molar-refractivity contribution in [2.24, 2.45) is 0 Å². The number of methoxy groups -OCH3 is 2. The fourth-order valence-corrected chi connectivity index (χ4v) is 1.54. The van der Waals surface area contributed by atoms with Crippen molar-refractivity contribution in [2.45, 2.75) is 6.43 Å². The van der Waals surface area contributed by atoms with Crippen LogP contribution in [0.1, 0.15) is 22.5 Å². The topological polar surface area (TPSA) is 48.4 Å². The molecule has 0 fully saturated rings. The molecule has 0 bridgehead atoms. The van der Waals surface area contributed by atoms with E-state index in [2.05, 4.69) is 25.7 Å². The summed E-state index contributed by atoms with van der Waals surface area (Å²) in [5, 5.41) is 0. The Bertz CT molecular complexity index is 412. The van der Waals surface area contributed by atoms with Crippen molar-refractivity contribution in [3.63, 3.8) is 0 Å². The van der Waals surface area contributed by atoms with Crippen LogP contribution in [-0.4, -0.2) is 25.2 Å². The van der Waals surface area contributed by atoms with Crippen LogP contribution in [-0.2, 0) is 4.74 Å². The van der Waals surface area contributed by atoms with Crippen LogP contribution in [0.2, 0.25) is 0 Å². The highest BCUT2D eigenvalue weighted by molar-refractivity contribution is 9.10. The van der Waals surface area contributed by atoms with Crippen molar-refractivity contribution < 1.29 is 23.0 Å². The molecule has 4 nitrogen and oxygen atoms in total. The van der Waals surface area contributed by atoms with E-state index < -0.39 is 18.1 Å². The summed E-state index contributed by atoms with van der Waals surface area (Å²) < 4.78 is 34.2. The molecule has 0 atom stereocenters. The van der Waals surface area contributed by atoms with Crippen LogP contribution in [0.25, 0.3) is 0 Å². The van der Waals surface area contributed by atoms with E-state index in [1.807, 2.05) is 0 Å². The van der Waals surface area contributed by atoms with Gasteiger partial charge >= 0.3 is 5.97 Å². The molecule has 0 unspecified atom stereocenters. The Balaban J connectivity index is 3.32. The van der Waals surface area contributed by atoms with E-state index >= 15 is 0 Å². The minimum absolute atomic E-state index is 0.0127. The monoisotopic (exact) mass is 295 g/mol. The number of aromatic nitrogens is 1. The second kappa shape index (κ2) is 5.20. The van der Waals surface area contributed by atoms with Crippen LogP contribution in [0.4, 0.5) is 8.78 Å². The first-order valence-corrected chi connectivity index (χ1v) is 4.91. The smallest absolute Gasteiger partial charge is 0.343 e. The summed E-state index contributed by atoms with van der Waals surface area (Å²) in [6, 6.07) is 1.19. The van der Waals surface area contributed by atoms with Crippen LogP contribution in [0.3, 0.4) is 0 Å². The lowest BCUT2D eigenvalue weighted by Crippen LogP contribution is -2.07. The number of carbonyl (C=O) groups is 1. The highest BCUT2D eigenvalue weighted by atomic mass is 79.9. The van der Waals surface area contributed by atoms with Crippen molar-refractivity contribution >= 4 is 21.9 Å². The van der Waals surface area contributed by atoms with E-state index in [9.17, 15) is 13.6 Å². The van der Waals surface area contributed by atoms with Gasteiger partial charge in [0.2, 0.25) is 5.88 Å². The summed E-state index contributed by atoms with van der Waals surface area (Å²) >= 11 is 2.90. The molecule has 0 N–H and O–H groups in total. The Morgan fingerprint density at radius 3 is 2.56 bits per heavy atom. The minimum Gasteiger partial charge on any atom is -0.480 e. The predicted molar refractivity (Wildman–Crippen MR) is 54.8 cm³/mol. The minimum atomic E-state index is -2.75. The second-order valence-electron chi connectivity index (χ2n) is 2.70. The summed E-state index contributed by atoms with van der Waals surface area (Å²) in [5.41, 5.74) is -0.495. The number of ether oxygens (including phenoxy) is 2. The van der Waals surface area contributed by atoms with Crippen molar-refractivity contribution in [1.29, 1.82) is 0 Å². The molecule has 7 heteroatoms. The molecule has 0 saturated carbocycles. The maximum Gasteiger partial charge on any atom is 0.343 e. The van der Waals surface area contributed by atoms with Crippen molar-refractivity contribution in [3.05, 3.63) is 21.8 Å². The van der Waals surface area contributed by atoms with Gasteiger partial charge in [0.1, 0.15) is 11.3 Å². The summed E-state index contributed by atoms with van der Waals surface area (Å²) in [5.74, 6) is -0.892. The number of hydrogen-bond donors (Lipinski definition) is 0. The number of alkyl halides is 2. The maximum atomic E-state index is 12.5. The van der Waals surface area contributed by atoms with E-state index in [0.717, 1.165) is 0 Å². The summed E-state index contributed by atoms with van der Waals surface area (Å²) in [4.78, 5) is 14.8. The average Bonchev–Trinajstić information content (AvgIpc) is 2.27. The van der Waals surface area contributed by atoms with E-state index in [1.54, 1.807) is 0 Å². The van der Waals surface area contributed by atoms with Crippen molar-refractivity contribution in [2.75, 3.05) is 14.2 Å². The highest BCUT2D eigenvalue weighted by Gasteiger charge is 2.21. The Labute approximate surface area is 98.7 Å². The lowest BCUT2D eigenvalue weighted by atomic mass is 10.2. The molecule has 0 radical (unpaired) electrons. The van der Waals surface area contributed by atoms with Crippen LogP contribution < -0.4 is 4.74 Å². The molecule has 16 heavy (non-hydrogen) atoms. The lowest BCUT2D eigenvalue weighted by molar-refractivity contribution is 0.0595. The van der Waals surface area contributed by atoms with E-state index in [0.29, 0.717) is 0 Å². The molecule has 0 aliphatic rings. The van der Waals surface area contributed by atoms with Crippen LogP contribution in [0.15, 0.2) is 10.5 Å². The zero-order valence-electron chi connectivity index (χ0n) is 8.46. The molecule has 0 spiro atoms. The zero-order valence-corrected chi connectivity index (χ0v) is 10.0. The number of carbonyl (C=O) groups excluding carboxylic acids is 1. The Hall–Kier alpha value is -1.24. The quantitative estimate of drug-likeness (QED) is 0.804. The molecular weight excluding hydrogens is 288 g/mol. The van der Waals surface area contributed by atoms with Gasteiger partial charge in [-0.15, -0.1) is 0 Å². The van der Waals surface area contributed by atoms with Gasteiger partial charge < -0.3 is 9.47 Å². The van der Waals surface area contributed by atoms with Gasteiger partial charge in [0.25, 0.3) is 6.43 Å². The van der Waals surface area contributed by atoms with Gasteiger partial charge in [-0.25, -0.2) is 18.6 Å². The van der Waals surface area contributed by atoms with E-state index in [-0.39, 0.29) is 15.9 Å². The van der Waals surface area contributed by atoms with Gasteiger partial charge in [-0.1, -0.05) is 0 Å². The molecule has 0 aromatic carbocycles. The molecule has 1 heterocycles. The Morgan fingerprint density at radius 2 is 2.12 bits per heavy atom. The van der Waals surface area contributed by atoms with Gasteiger partial charge in [-0.05, 0) is 22.0 Å². The van der Waals surface area contributed by atoms with E-state index in [4.69, 9.17) is 4.74 Å². The molecule has 0 aliphatic carbocycles. The lowest BCUT2D eigenvalue weighted by Gasteiger charge is -2.09. The normalized spacial score (nSPS) is 10.4. The number of halogens is 3. The summed E-state index contributed by atoms with van der Waals surface area (Å²) in [6.45, 7) is 0. The number of rotatable bonds is 3. The summed E-state index contributed by atoms with van der Waals surface area (Å²) in [6.07, 6.45) is -2.75. The molecule has 88 valence electrons. The number of hydrogen-bond acceptors (Lipinski definition) is 4. The number of esters is 1. The maximum absolute atomic E-state index is 12.5. The van der Waals surface area contributed by atoms with Gasteiger partial charge in [0, 0.05) is 4.47 Å². The number of pyridine rings is 1. The first-order valence-electron chi connectivity index (χ1n) is 4.12. The third-order valence-corrected chi connectivity index (χ3v) is 2.41. The zero-order chi connectivity index (χ0) is 12.3. The summed E-state index contributed by atoms with van der Waals surface area (Å²) in [7, 11) is 2.41. The molecule has 0 saturated heterocycles. The Morgan fingerprint density at radius 1 is 1.50 bits per heavy atom. The van der Waals surface area contributed by atoms with Gasteiger partial charge in [0.15, 0.2) is 0 Å². The van der Waals surface area contributed by atoms with Crippen molar-refractivity contribution in [1.82, 2.24) is 4.98 Å². The predicted octanol–water partition coefficient (Wildman–Crippen LogP) is 2.58. The first-order chi connectivity index (χ1) is 7.51. The fourth-order valence-electron chi connectivity index (χ4n) is 1.05. The van der Waals surface area contributed by atoms with Gasteiger partial charge in [0.05, 0.1) is 14.2 Å². The van der Waals surface area contributed by atoms with Crippen molar-refractivity contribution in [3.8, 4) is 5.88 Å². The third kappa shape index (κ3) is 2.46. The third-order valence-electron chi connectivity index (χ3n) is 1.77. The molecular formula is C9H8BrF2NO3. The van der Waals surface area contributed by atoms with Gasteiger partial charge in [-0.2, -0.15) is 0 Å². The second-order valence-corrected chi connectivity index (χ2v) is 3.56. The standard InChI is InChI=1S/C9H8BrF2NO3/c1-15-8-4(9(14)16-2)3-5(10)6(13-8)7(11)12/h3,7H,1-2H3. The highest BCUT2D eigenvalue weighted by Crippen LogP contribution is 2.30. The molecule has 0 aliphatic heterocycles. The van der Waals surface area contributed by atoms with Crippen LogP contribution in [0.5, 0.6) is 5.88 Å². The fraction of sp³-hybridized carbons (Fsp3) is 0.333. The SMILES string of the molecule is COC(=O)c1cc(Br)c(C(F)F)nc1OC. The van der Waals surface area contributed by atoms with Gasteiger partial charge in [-0.3, -0.25) is 0 Å². The molecule has 1 rings (SSSR count). The average molecular weight is 296 g/mol. The molecule has 1 aromatic rings. The number of nitrogens with zero attached hydrogens (tertiary/aromatic N) is 1. The van der Waals surface area contributed by atoms with Crippen LogP contribution in [0, 0.1) is 0 Å².